The number of hydrogen-bond donors (Lipinski definition) is 1. The predicted octanol–water partition coefficient (Wildman–Crippen LogP) is 2.95. The Morgan fingerprint density at radius 2 is 1.91 bits per heavy atom. The maximum absolute atomic E-state index is 12.0. The number of carbonyl (C=O) groups is 2. The standard InChI is InChI=1S/C16H21ClN2O2S/c1-12(22-14-6-4-13(17)5-7-14)16(21)18-9-8-15(20)19-10-2-3-11-19/h4-7,12H,2-3,8-11H2,1H3,(H,18,21)/t12-/m0/s1. The largest absolute Gasteiger partial charge is 0.355 e. The van der Waals surface area contributed by atoms with Crippen molar-refractivity contribution in [3.8, 4) is 0 Å². The Balaban J connectivity index is 1.69. The molecular weight excluding hydrogens is 320 g/mol. The quantitative estimate of drug-likeness (QED) is 0.810. The Hall–Kier alpha value is -1.20. The van der Waals surface area contributed by atoms with Crippen LogP contribution >= 0.6 is 23.4 Å². The summed E-state index contributed by atoms with van der Waals surface area (Å²) in [6, 6.07) is 7.41. The molecule has 1 heterocycles. The van der Waals surface area contributed by atoms with E-state index in [1.165, 1.54) is 11.8 Å². The highest BCUT2D eigenvalue weighted by Crippen LogP contribution is 2.24. The van der Waals surface area contributed by atoms with E-state index in [0.29, 0.717) is 18.0 Å². The van der Waals surface area contributed by atoms with E-state index in [0.717, 1.165) is 30.8 Å². The summed E-state index contributed by atoms with van der Waals surface area (Å²) in [7, 11) is 0. The molecule has 0 radical (unpaired) electrons. The van der Waals surface area contributed by atoms with E-state index in [2.05, 4.69) is 5.32 Å². The first-order valence-electron chi connectivity index (χ1n) is 7.54. The third kappa shape index (κ3) is 5.21. The summed E-state index contributed by atoms with van der Waals surface area (Å²) in [4.78, 5) is 26.8. The monoisotopic (exact) mass is 340 g/mol. The average molecular weight is 341 g/mol. The fraction of sp³-hybridized carbons (Fsp3) is 0.500. The normalized spacial score (nSPS) is 15.6. The number of thioether (sulfide) groups is 1. The van der Waals surface area contributed by atoms with Crippen molar-refractivity contribution >= 4 is 35.2 Å². The van der Waals surface area contributed by atoms with Gasteiger partial charge in [-0.15, -0.1) is 11.8 Å². The van der Waals surface area contributed by atoms with Crippen LogP contribution in [0.15, 0.2) is 29.2 Å². The van der Waals surface area contributed by atoms with Crippen LogP contribution in [0.2, 0.25) is 5.02 Å². The van der Waals surface area contributed by atoms with Gasteiger partial charge in [0.1, 0.15) is 0 Å². The van der Waals surface area contributed by atoms with Gasteiger partial charge >= 0.3 is 0 Å². The van der Waals surface area contributed by atoms with Gasteiger partial charge in [0.2, 0.25) is 11.8 Å². The van der Waals surface area contributed by atoms with Crippen molar-refractivity contribution in [3.63, 3.8) is 0 Å². The summed E-state index contributed by atoms with van der Waals surface area (Å²) in [5.74, 6) is 0.0879. The lowest BCUT2D eigenvalue weighted by molar-refractivity contribution is -0.130. The third-order valence-electron chi connectivity index (χ3n) is 3.59. The van der Waals surface area contributed by atoms with Crippen LogP contribution in [0.1, 0.15) is 26.2 Å². The number of nitrogens with zero attached hydrogens (tertiary/aromatic N) is 1. The molecule has 1 aromatic carbocycles. The third-order valence-corrected chi connectivity index (χ3v) is 4.96. The number of amides is 2. The minimum atomic E-state index is -0.205. The number of rotatable bonds is 6. The minimum absolute atomic E-state index is 0.0471. The molecule has 22 heavy (non-hydrogen) atoms. The van der Waals surface area contributed by atoms with Crippen LogP contribution in [0, 0.1) is 0 Å². The highest BCUT2D eigenvalue weighted by Gasteiger charge is 2.18. The van der Waals surface area contributed by atoms with Crippen molar-refractivity contribution in [2.75, 3.05) is 19.6 Å². The van der Waals surface area contributed by atoms with Crippen LogP contribution in [0.5, 0.6) is 0 Å². The zero-order chi connectivity index (χ0) is 15.9. The van der Waals surface area contributed by atoms with Gasteiger partial charge in [-0.1, -0.05) is 11.6 Å². The second-order valence-electron chi connectivity index (χ2n) is 5.34. The van der Waals surface area contributed by atoms with E-state index in [4.69, 9.17) is 11.6 Å². The molecule has 1 aromatic rings. The van der Waals surface area contributed by atoms with E-state index in [-0.39, 0.29) is 17.1 Å². The molecule has 0 saturated carbocycles. The molecular formula is C16H21ClN2O2S. The van der Waals surface area contributed by atoms with Gasteiger partial charge in [0.25, 0.3) is 0 Å². The van der Waals surface area contributed by atoms with Gasteiger partial charge in [-0.2, -0.15) is 0 Å². The van der Waals surface area contributed by atoms with Gasteiger partial charge in [-0.05, 0) is 44.0 Å². The van der Waals surface area contributed by atoms with Crippen LogP contribution in [0.3, 0.4) is 0 Å². The van der Waals surface area contributed by atoms with E-state index in [1.54, 1.807) is 0 Å². The van der Waals surface area contributed by atoms with Crippen molar-refractivity contribution in [3.05, 3.63) is 29.3 Å². The molecule has 1 aliphatic rings. The Bertz CT molecular complexity index is 515. The Kier molecular flexibility index (Phi) is 6.58. The molecule has 120 valence electrons. The molecule has 1 saturated heterocycles. The summed E-state index contributed by atoms with van der Waals surface area (Å²) in [6.45, 7) is 3.97. The van der Waals surface area contributed by atoms with Crippen LogP contribution in [0.4, 0.5) is 0 Å². The maximum atomic E-state index is 12.0. The first-order chi connectivity index (χ1) is 10.6. The van der Waals surface area contributed by atoms with Crippen LogP contribution in [-0.2, 0) is 9.59 Å². The molecule has 6 heteroatoms. The minimum Gasteiger partial charge on any atom is -0.355 e. The van der Waals surface area contributed by atoms with Gasteiger partial charge in [0, 0.05) is 36.0 Å². The molecule has 2 rings (SSSR count). The summed E-state index contributed by atoms with van der Waals surface area (Å²) >= 11 is 7.32. The molecule has 0 unspecified atom stereocenters. The number of carbonyl (C=O) groups excluding carboxylic acids is 2. The molecule has 0 spiro atoms. The molecule has 0 aliphatic carbocycles. The van der Waals surface area contributed by atoms with Crippen LogP contribution in [-0.4, -0.2) is 41.6 Å². The number of nitrogens with one attached hydrogen (secondary N) is 1. The fourth-order valence-corrected chi connectivity index (χ4v) is 3.35. The van der Waals surface area contributed by atoms with Gasteiger partial charge in [-0.3, -0.25) is 9.59 Å². The number of halogens is 1. The Labute approximate surface area is 140 Å². The topological polar surface area (TPSA) is 49.4 Å². The van der Waals surface area contributed by atoms with E-state index in [9.17, 15) is 9.59 Å². The molecule has 0 bridgehead atoms. The summed E-state index contributed by atoms with van der Waals surface area (Å²) in [6.07, 6.45) is 2.56. The first kappa shape index (κ1) is 17.2. The lowest BCUT2D eigenvalue weighted by atomic mass is 10.3. The highest BCUT2D eigenvalue weighted by molar-refractivity contribution is 8.00. The lowest BCUT2D eigenvalue weighted by Gasteiger charge is -2.16. The average Bonchev–Trinajstić information content (AvgIpc) is 3.03. The van der Waals surface area contributed by atoms with Gasteiger partial charge in [0.05, 0.1) is 5.25 Å². The maximum Gasteiger partial charge on any atom is 0.233 e. The van der Waals surface area contributed by atoms with E-state index >= 15 is 0 Å². The van der Waals surface area contributed by atoms with Crippen molar-refractivity contribution in [2.24, 2.45) is 0 Å². The Morgan fingerprint density at radius 1 is 1.27 bits per heavy atom. The number of hydrogen-bond acceptors (Lipinski definition) is 3. The molecule has 4 nitrogen and oxygen atoms in total. The second-order valence-corrected chi connectivity index (χ2v) is 7.19. The first-order valence-corrected chi connectivity index (χ1v) is 8.80. The molecule has 1 fully saturated rings. The number of likely N-dealkylation sites (tertiary alicyclic amines) is 1. The highest BCUT2D eigenvalue weighted by atomic mass is 35.5. The summed E-state index contributed by atoms with van der Waals surface area (Å²) < 4.78 is 0. The van der Waals surface area contributed by atoms with Gasteiger partial charge in [-0.25, -0.2) is 0 Å². The van der Waals surface area contributed by atoms with Gasteiger partial charge in [0.15, 0.2) is 0 Å². The number of benzene rings is 1. The molecule has 1 atom stereocenters. The molecule has 1 aliphatic heterocycles. The van der Waals surface area contributed by atoms with Crippen molar-refractivity contribution in [1.29, 1.82) is 0 Å². The van der Waals surface area contributed by atoms with Crippen molar-refractivity contribution in [2.45, 2.75) is 36.3 Å². The van der Waals surface area contributed by atoms with Crippen LogP contribution < -0.4 is 5.32 Å². The van der Waals surface area contributed by atoms with E-state index < -0.39 is 0 Å². The van der Waals surface area contributed by atoms with E-state index in [1.807, 2.05) is 36.1 Å². The molecule has 1 N–H and O–H groups in total. The molecule has 2 amide bonds. The summed E-state index contributed by atoms with van der Waals surface area (Å²) in [5.41, 5.74) is 0. The van der Waals surface area contributed by atoms with Crippen molar-refractivity contribution < 1.29 is 9.59 Å². The Morgan fingerprint density at radius 3 is 2.55 bits per heavy atom. The lowest BCUT2D eigenvalue weighted by Crippen LogP contribution is -2.35. The zero-order valence-corrected chi connectivity index (χ0v) is 14.3. The van der Waals surface area contributed by atoms with Crippen molar-refractivity contribution in [1.82, 2.24) is 10.2 Å². The zero-order valence-electron chi connectivity index (χ0n) is 12.7. The SMILES string of the molecule is C[C@H](Sc1ccc(Cl)cc1)C(=O)NCCC(=O)N1CCCC1. The molecule has 0 aromatic heterocycles. The van der Waals surface area contributed by atoms with Crippen LogP contribution in [0.25, 0.3) is 0 Å². The summed E-state index contributed by atoms with van der Waals surface area (Å²) in [5, 5.41) is 3.31. The van der Waals surface area contributed by atoms with Gasteiger partial charge < -0.3 is 10.2 Å². The predicted molar refractivity (Wildman–Crippen MR) is 90.2 cm³/mol. The second kappa shape index (κ2) is 8.44. The fourth-order valence-electron chi connectivity index (χ4n) is 2.33. The smallest absolute Gasteiger partial charge is 0.233 e.